The van der Waals surface area contributed by atoms with Crippen LogP contribution in [0.25, 0.3) is 22.1 Å². The van der Waals surface area contributed by atoms with E-state index in [1.54, 1.807) is 0 Å². The van der Waals surface area contributed by atoms with Gasteiger partial charge in [-0.05, 0) is 31.5 Å². The van der Waals surface area contributed by atoms with Gasteiger partial charge in [-0.3, -0.25) is 4.79 Å². The van der Waals surface area contributed by atoms with E-state index in [1.807, 2.05) is 56.3 Å². The largest absolute Gasteiger partial charge is 0.338 e. The third-order valence-electron chi connectivity index (χ3n) is 4.09. The number of para-hydroxylation sites is 1. The van der Waals surface area contributed by atoms with Crippen LogP contribution in [0.4, 0.5) is 5.69 Å². The van der Waals surface area contributed by atoms with Crippen LogP contribution in [-0.4, -0.2) is 31.8 Å². The number of rotatable bonds is 4. The average molecular weight is 363 g/mol. The quantitative estimate of drug-likeness (QED) is 0.538. The van der Waals surface area contributed by atoms with E-state index in [9.17, 15) is 4.79 Å². The highest BCUT2D eigenvalue weighted by molar-refractivity contribution is 7.99. The molecule has 1 amide bonds. The highest BCUT2D eigenvalue weighted by Gasteiger charge is 2.11. The number of H-pyrrole nitrogens is 1. The fourth-order valence-electron chi connectivity index (χ4n) is 2.84. The molecule has 0 atom stereocenters. The Hall–Kier alpha value is -2.93. The fraction of sp³-hybridized carbons (Fsp3) is 0.158. The number of anilines is 1. The minimum absolute atomic E-state index is 0.0951. The van der Waals surface area contributed by atoms with Crippen LogP contribution in [0.5, 0.6) is 0 Å². The summed E-state index contributed by atoms with van der Waals surface area (Å²) >= 11 is 1.26. The summed E-state index contributed by atoms with van der Waals surface area (Å²) in [6.07, 6.45) is 0. The molecule has 130 valence electrons. The maximum Gasteiger partial charge on any atom is 0.234 e. The molecule has 2 aromatic heterocycles. The zero-order chi connectivity index (χ0) is 18.1. The lowest BCUT2D eigenvalue weighted by molar-refractivity contribution is -0.113. The third kappa shape index (κ3) is 3.25. The summed E-state index contributed by atoms with van der Waals surface area (Å²) < 4.78 is 0. The van der Waals surface area contributed by atoms with Gasteiger partial charge in [-0.25, -0.2) is 4.98 Å². The first kappa shape index (κ1) is 16.5. The van der Waals surface area contributed by atoms with Crippen LogP contribution < -0.4 is 5.32 Å². The molecule has 0 radical (unpaired) electrons. The van der Waals surface area contributed by atoms with Gasteiger partial charge in [0.2, 0.25) is 11.1 Å². The monoisotopic (exact) mass is 363 g/mol. The number of hydrogen-bond acceptors (Lipinski definition) is 5. The summed E-state index contributed by atoms with van der Waals surface area (Å²) in [6, 6.07) is 13.8. The Balaban J connectivity index is 1.47. The number of carbonyl (C=O) groups is 1. The highest BCUT2D eigenvalue weighted by Crippen LogP contribution is 2.23. The molecule has 2 heterocycles. The van der Waals surface area contributed by atoms with E-state index in [0.29, 0.717) is 10.8 Å². The second kappa shape index (κ2) is 6.76. The van der Waals surface area contributed by atoms with Crippen LogP contribution in [0.3, 0.4) is 0 Å². The summed E-state index contributed by atoms with van der Waals surface area (Å²) in [5.74, 6) is 0.128. The number of aromatic nitrogens is 4. The predicted molar refractivity (Wildman–Crippen MR) is 104 cm³/mol. The molecular weight excluding hydrogens is 346 g/mol. The Morgan fingerprint density at radius 3 is 2.85 bits per heavy atom. The second-order valence-corrected chi connectivity index (χ2v) is 7.06. The molecule has 2 aromatic carbocycles. The van der Waals surface area contributed by atoms with Crippen molar-refractivity contribution < 1.29 is 4.79 Å². The minimum atomic E-state index is -0.0951. The molecule has 26 heavy (non-hydrogen) atoms. The number of amides is 1. The molecule has 0 saturated heterocycles. The van der Waals surface area contributed by atoms with Crippen LogP contribution in [0.2, 0.25) is 0 Å². The Labute approximate surface area is 154 Å². The van der Waals surface area contributed by atoms with E-state index in [0.717, 1.165) is 27.7 Å². The molecule has 0 bridgehead atoms. The van der Waals surface area contributed by atoms with Crippen molar-refractivity contribution in [2.75, 3.05) is 11.1 Å². The van der Waals surface area contributed by atoms with Gasteiger partial charge < -0.3 is 10.3 Å². The number of aromatic amines is 1. The first-order valence-corrected chi connectivity index (χ1v) is 9.20. The molecule has 7 heteroatoms. The van der Waals surface area contributed by atoms with Crippen molar-refractivity contribution in [3.8, 4) is 0 Å². The van der Waals surface area contributed by atoms with Crippen molar-refractivity contribution >= 4 is 45.4 Å². The van der Waals surface area contributed by atoms with E-state index < -0.39 is 0 Å². The minimum Gasteiger partial charge on any atom is -0.338 e. The maximum atomic E-state index is 12.2. The lowest BCUT2D eigenvalue weighted by Gasteiger charge is -2.08. The number of carbonyl (C=O) groups excluding carboxylic acids is 1. The zero-order valence-electron chi connectivity index (χ0n) is 14.4. The molecular formula is C19H17N5OS. The van der Waals surface area contributed by atoms with Crippen LogP contribution in [0.15, 0.2) is 47.6 Å². The zero-order valence-corrected chi connectivity index (χ0v) is 15.2. The molecule has 0 aliphatic rings. The SMILES string of the molecule is Cc1ccc(NC(=O)CSc2nnc3c(n2)[nH]c2ccccc23)c(C)c1. The fourth-order valence-corrected chi connectivity index (χ4v) is 3.42. The van der Waals surface area contributed by atoms with Crippen molar-refractivity contribution in [3.05, 3.63) is 53.6 Å². The first-order valence-electron chi connectivity index (χ1n) is 8.21. The number of fused-ring (bicyclic) bond motifs is 3. The molecule has 0 unspecified atom stereocenters. The van der Waals surface area contributed by atoms with Crippen molar-refractivity contribution in [2.24, 2.45) is 0 Å². The van der Waals surface area contributed by atoms with Gasteiger partial charge in [0.15, 0.2) is 5.65 Å². The molecule has 0 fully saturated rings. The number of hydrogen-bond donors (Lipinski definition) is 2. The predicted octanol–water partition coefficient (Wildman–Crippen LogP) is 3.85. The molecule has 0 spiro atoms. The summed E-state index contributed by atoms with van der Waals surface area (Å²) in [4.78, 5) is 19.9. The van der Waals surface area contributed by atoms with E-state index in [4.69, 9.17) is 0 Å². The van der Waals surface area contributed by atoms with Crippen LogP contribution >= 0.6 is 11.8 Å². The van der Waals surface area contributed by atoms with Crippen molar-refractivity contribution in [1.29, 1.82) is 0 Å². The molecule has 6 nitrogen and oxygen atoms in total. The lowest BCUT2D eigenvalue weighted by atomic mass is 10.1. The Morgan fingerprint density at radius 2 is 2.00 bits per heavy atom. The smallest absolute Gasteiger partial charge is 0.234 e. The molecule has 0 aliphatic heterocycles. The van der Waals surface area contributed by atoms with Gasteiger partial charge in [-0.1, -0.05) is 47.7 Å². The summed E-state index contributed by atoms with van der Waals surface area (Å²) in [6.45, 7) is 4.01. The average Bonchev–Trinajstić information content (AvgIpc) is 3.00. The van der Waals surface area contributed by atoms with E-state index in [-0.39, 0.29) is 11.7 Å². The topological polar surface area (TPSA) is 83.6 Å². The van der Waals surface area contributed by atoms with E-state index in [2.05, 4.69) is 25.5 Å². The Kier molecular flexibility index (Phi) is 4.30. The Bertz CT molecular complexity index is 1120. The summed E-state index contributed by atoms with van der Waals surface area (Å²) in [7, 11) is 0. The number of aryl methyl sites for hydroxylation is 2. The van der Waals surface area contributed by atoms with Gasteiger partial charge in [0.05, 0.1) is 5.75 Å². The van der Waals surface area contributed by atoms with Gasteiger partial charge in [-0.2, -0.15) is 0 Å². The maximum absolute atomic E-state index is 12.2. The second-order valence-electron chi connectivity index (χ2n) is 6.12. The molecule has 4 rings (SSSR count). The first-order chi connectivity index (χ1) is 12.6. The van der Waals surface area contributed by atoms with Crippen LogP contribution in [-0.2, 0) is 4.79 Å². The van der Waals surface area contributed by atoms with Crippen LogP contribution in [0.1, 0.15) is 11.1 Å². The third-order valence-corrected chi connectivity index (χ3v) is 4.93. The van der Waals surface area contributed by atoms with Crippen LogP contribution in [0, 0.1) is 13.8 Å². The van der Waals surface area contributed by atoms with Crippen molar-refractivity contribution in [2.45, 2.75) is 19.0 Å². The van der Waals surface area contributed by atoms with E-state index in [1.165, 1.54) is 17.3 Å². The van der Waals surface area contributed by atoms with Gasteiger partial charge in [0, 0.05) is 16.6 Å². The molecule has 0 aliphatic carbocycles. The highest BCUT2D eigenvalue weighted by atomic mass is 32.2. The standard InChI is InChI=1S/C19H17N5OS/c1-11-7-8-14(12(2)9-11)20-16(25)10-26-19-22-18-17(23-24-19)13-5-3-4-6-15(13)21-18/h3-9H,10H2,1-2H3,(H,20,25)(H,21,22,24). The number of thioether (sulfide) groups is 1. The summed E-state index contributed by atoms with van der Waals surface area (Å²) in [5, 5.41) is 12.8. The Morgan fingerprint density at radius 1 is 1.15 bits per heavy atom. The van der Waals surface area contributed by atoms with Crippen molar-refractivity contribution in [3.63, 3.8) is 0 Å². The number of nitrogens with one attached hydrogen (secondary N) is 2. The molecule has 0 saturated carbocycles. The van der Waals surface area contributed by atoms with E-state index >= 15 is 0 Å². The number of benzene rings is 2. The lowest BCUT2D eigenvalue weighted by Crippen LogP contribution is -2.15. The van der Waals surface area contributed by atoms with Gasteiger partial charge in [0.25, 0.3) is 0 Å². The van der Waals surface area contributed by atoms with Gasteiger partial charge >= 0.3 is 0 Å². The normalized spacial score (nSPS) is 11.2. The molecule has 4 aromatic rings. The summed E-state index contributed by atoms with van der Waals surface area (Å²) in [5.41, 5.74) is 5.43. The van der Waals surface area contributed by atoms with Gasteiger partial charge in [0.1, 0.15) is 5.52 Å². The molecule has 2 N–H and O–H groups in total. The van der Waals surface area contributed by atoms with Gasteiger partial charge in [-0.15, -0.1) is 10.2 Å². The number of nitrogens with zero attached hydrogens (tertiary/aromatic N) is 3. The van der Waals surface area contributed by atoms with Crippen molar-refractivity contribution in [1.82, 2.24) is 20.2 Å².